The van der Waals surface area contributed by atoms with Crippen molar-refractivity contribution >= 4 is 64.5 Å². The Morgan fingerprint density at radius 3 is 2.52 bits per heavy atom. The molecule has 4 aromatic heterocycles. The van der Waals surface area contributed by atoms with Gasteiger partial charge in [-0.2, -0.15) is 18.1 Å². The van der Waals surface area contributed by atoms with Crippen molar-refractivity contribution in [3.8, 4) is 0 Å². The predicted octanol–water partition coefficient (Wildman–Crippen LogP) is 0.628. The van der Waals surface area contributed by atoms with Gasteiger partial charge in [0.05, 0.1) is 44.1 Å². The SMILES string of the molecule is CC(C)C(=O)Nc1nc2c(ncn2[C@@H]2O[C@H](COS(=O)(=O)N[C@H]3C[C@H](n4cnc5c(NC(=O)c6ccccc6)ncnc54)O[C@@H]3CO)C[C@H]2O[P+](=O)O)c(=O)[nH]1. The van der Waals surface area contributed by atoms with Gasteiger partial charge in [0.1, 0.15) is 12.6 Å². The van der Waals surface area contributed by atoms with Crippen molar-refractivity contribution in [2.45, 2.75) is 63.5 Å². The minimum atomic E-state index is -4.54. The number of aromatic amines is 1. The summed E-state index contributed by atoms with van der Waals surface area (Å²) in [6, 6.07) is 7.51. The van der Waals surface area contributed by atoms with E-state index in [2.05, 4.69) is 45.3 Å². The zero-order valence-corrected chi connectivity index (χ0v) is 31.2. The molecule has 7 rings (SSSR count). The van der Waals surface area contributed by atoms with E-state index in [-0.39, 0.29) is 46.9 Å². The maximum absolute atomic E-state index is 13.2. The molecule has 2 fully saturated rings. The number of aromatic nitrogens is 8. The van der Waals surface area contributed by atoms with Gasteiger partial charge in [-0.25, -0.2) is 19.9 Å². The standard InChI is InChI=1S/C31H34N11O12PS/c1-15(2)27(44)38-31-37-26-23(29(46)39-31)35-14-42(26)30-19(54-55(47)48)8-17(52-30)11-51-56(49,50)40-18-9-21(53-20(18)10-43)41-13-34-22-24(32-12-33-25(22)41)36-28(45)16-6-4-3-5-7-16/h3-7,12-15,17-21,30,40,43H,8-11H2,1-2H3,(H3-,32,33,36,37,38,39,44,45,46,47,48)/p+1/t17-,18-,19+,20+,21+,30+/m0/s1. The second-order valence-corrected chi connectivity index (χ2v) is 15.1. The highest BCUT2D eigenvalue weighted by atomic mass is 32.2. The summed E-state index contributed by atoms with van der Waals surface area (Å²) in [5.41, 5.74) is 0.0745. The number of anilines is 2. The van der Waals surface area contributed by atoms with Gasteiger partial charge < -0.3 is 19.9 Å². The van der Waals surface area contributed by atoms with Crippen LogP contribution in [-0.4, -0.2) is 107 Å². The van der Waals surface area contributed by atoms with Crippen molar-refractivity contribution < 1.29 is 50.8 Å². The number of aliphatic hydroxyl groups excluding tert-OH is 1. The van der Waals surface area contributed by atoms with E-state index in [9.17, 15) is 37.4 Å². The van der Waals surface area contributed by atoms with Crippen molar-refractivity contribution in [2.75, 3.05) is 23.8 Å². The fraction of sp³-hybridized carbons (Fsp3) is 0.419. The Kier molecular flexibility index (Phi) is 11.3. The summed E-state index contributed by atoms with van der Waals surface area (Å²) in [5, 5.41) is 15.3. The van der Waals surface area contributed by atoms with Crippen LogP contribution in [0.15, 0.2) is 54.1 Å². The number of nitrogens with one attached hydrogen (secondary N) is 4. The molecule has 0 bridgehead atoms. The van der Waals surface area contributed by atoms with Gasteiger partial charge >= 0.3 is 18.6 Å². The Bertz CT molecular complexity index is 2440. The maximum Gasteiger partial charge on any atom is 0.695 e. The predicted molar refractivity (Wildman–Crippen MR) is 192 cm³/mol. The van der Waals surface area contributed by atoms with Gasteiger partial charge in [0.25, 0.3) is 11.5 Å². The number of amides is 2. The smallest absolute Gasteiger partial charge is 0.394 e. The summed E-state index contributed by atoms with van der Waals surface area (Å²) in [6.07, 6.45) is -1.55. The number of rotatable bonds is 14. The van der Waals surface area contributed by atoms with Crippen LogP contribution in [0.4, 0.5) is 11.8 Å². The Balaban J connectivity index is 1.02. The molecule has 2 saturated heterocycles. The molecular weight excluding hydrogens is 781 g/mol. The van der Waals surface area contributed by atoms with Gasteiger partial charge in [-0.15, -0.1) is 9.42 Å². The minimum Gasteiger partial charge on any atom is -0.394 e. The fourth-order valence-electron chi connectivity index (χ4n) is 6.21. The third kappa shape index (κ3) is 8.33. The molecule has 1 aromatic carbocycles. The number of aliphatic hydroxyl groups is 1. The number of benzene rings is 1. The van der Waals surface area contributed by atoms with Crippen LogP contribution in [0.5, 0.6) is 0 Å². The van der Waals surface area contributed by atoms with Crippen molar-refractivity contribution in [3.05, 3.63) is 65.2 Å². The first kappa shape index (κ1) is 39.1. The largest absolute Gasteiger partial charge is 0.695 e. The molecule has 1 unspecified atom stereocenters. The number of hydrogen-bond donors (Lipinski definition) is 6. The third-order valence-corrected chi connectivity index (χ3v) is 10.4. The second kappa shape index (κ2) is 16.1. The number of hydrogen-bond acceptors (Lipinski definition) is 16. The first-order chi connectivity index (χ1) is 26.8. The first-order valence-corrected chi connectivity index (χ1v) is 19.6. The van der Waals surface area contributed by atoms with Gasteiger partial charge in [0, 0.05) is 28.9 Å². The Morgan fingerprint density at radius 2 is 1.79 bits per heavy atom. The van der Waals surface area contributed by atoms with Crippen molar-refractivity contribution in [1.82, 2.24) is 43.8 Å². The van der Waals surface area contributed by atoms with E-state index in [1.165, 1.54) is 28.1 Å². The van der Waals surface area contributed by atoms with Crippen LogP contribution in [-0.2, 0) is 37.8 Å². The number of nitrogens with zero attached hydrogens (tertiary/aromatic N) is 7. The highest BCUT2D eigenvalue weighted by molar-refractivity contribution is 7.84. The Labute approximate surface area is 317 Å². The van der Waals surface area contributed by atoms with Gasteiger partial charge in [-0.05, 0) is 12.1 Å². The molecule has 0 aliphatic carbocycles. The molecule has 6 heterocycles. The summed E-state index contributed by atoms with van der Waals surface area (Å²) < 4.78 is 65.7. The molecule has 23 nitrogen and oxygen atoms in total. The second-order valence-electron chi connectivity index (χ2n) is 13.0. The molecule has 2 aliphatic rings. The average molecular weight is 817 g/mol. The van der Waals surface area contributed by atoms with E-state index in [1.54, 1.807) is 44.2 Å². The zero-order chi connectivity index (χ0) is 39.7. The molecular formula is C31H35N11O12PS+. The molecule has 296 valence electrons. The summed E-state index contributed by atoms with van der Waals surface area (Å²) >= 11 is 0. The van der Waals surface area contributed by atoms with Gasteiger partial charge in [0.2, 0.25) is 11.9 Å². The molecule has 2 aliphatic heterocycles. The average Bonchev–Trinajstić information content (AvgIpc) is 3.96. The number of carbonyl (C=O) groups is 2. The van der Waals surface area contributed by atoms with Crippen LogP contribution in [0.25, 0.3) is 22.3 Å². The van der Waals surface area contributed by atoms with Crippen LogP contribution in [0.3, 0.4) is 0 Å². The highest BCUT2D eigenvalue weighted by Gasteiger charge is 2.45. The number of fused-ring (bicyclic) bond motifs is 2. The molecule has 0 spiro atoms. The van der Waals surface area contributed by atoms with Crippen molar-refractivity contribution in [2.24, 2.45) is 5.92 Å². The van der Waals surface area contributed by atoms with Crippen molar-refractivity contribution in [1.29, 1.82) is 0 Å². The van der Waals surface area contributed by atoms with Crippen LogP contribution < -0.4 is 20.9 Å². The van der Waals surface area contributed by atoms with E-state index in [0.29, 0.717) is 5.56 Å². The zero-order valence-electron chi connectivity index (χ0n) is 29.5. The molecule has 2 amide bonds. The van der Waals surface area contributed by atoms with Gasteiger partial charge in [-0.1, -0.05) is 32.0 Å². The van der Waals surface area contributed by atoms with Gasteiger partial charge in [0.15, 0.2) is 40.5 Å². The van der Waals surface area contributed by atoms with Gasteiger partial charge in [-0.3, -0.25) is 38.0 Å². The monoisotopic (exact) mass is 816 g/mol. The number of imidazole rings is 2. The molecule has 25 heteroatoms. The van der Waals surface area contributed by atoms with E-state index in [0.717, 1.165) is 0 Å². The summed E-state index contributed by atoms with van der Waals surface area (Å²) in [6.45, 7) is 2.15. The molecule has 56 heavy (non-hydrogen) atoms. The van der Waals surface area contributed by atoms with E-state index in [4.69, 9.17) is 18.2 Å². The molecule has 0 saturated carbocycles. The number of H-pyrrole nitrogens is 1. The Hall–Kier alpha value is -5.17. The van der Waals surface area contributed by atoms with Crippen LogP contribution in [0.1, 0.15) is 49.5 Å². The molecule has 5 aromatic rings. The minimum absolute atomic E-state index is 0.00982. The summed E-state index contributed by atoms with van der Waals surface area (Å²) in [5.74, 6) is -1.29. The summed E-state index contributed by atoms with van der Waals surface area (Å²) in [7, 11) is -7.69. The lowest BCUT2D eigenvalue weighted by atomic mass is 10.1. The van der Waals surface area contributed by atoms with E-state index < -0.39 is 91.9 Å². The van der Waals surface area contributed by atoms with E-state index >= 15 is 0 Å². The first-order valence-electron chi connectivity index (χ1n) is 17.0. The Morgan fingerprint density at radius 1 is 1.04 bits per heavy atom. The van der Waals surface area contributed by atoms with Crippen molar-refractivity contribution in [3.63, 3.8) is 0 Å². The lowest BCUT2D eigenvalue weighted by molar-refractivity contribution is -0.118. The maximum atomic E-state index is 13.2. The van der Waals surface area contributed by atoms with Crippen LogP contribution >= 0.6 is 8.25 Å². The van der Waals surface area contributed by atoms with Crippen LogP contribution in [0, 0.1) is 5.92 Å². The fourth-order valence-corrected chi connectivity index (χ4v) is 7.65. The topological polar surface area (TPSA) is 306 Å². The molecule has 6 N–H and O–H groups in total. The number of carbonyl (C=O) groups excluding carboxylic acids is 2. The highest BCUT2D eigenvalue weighted by Crippen LogP contribution is 2.38. The normalized spacial score (nSPS) is 22.9. The lowest BCUT2D eigenvalue weighted by Gasteiger charge is -2.19. The number of ether oxygens (including phenoxy) is 2. The lowest BCUT2D eigenvalue weighted by Crippen LogP contribution is -2.43. The quantitative estimate of drug-likeness (QED) is 0.0837. The van der Waals surface area contributed by atoms with E-state index in [1.807, 2.05) is 0 Å². The molecule has 0 radical (unpaired) electrons. The molecule has 7 atom stereocenters. The van der Waals surface area contributed by atoms with Crippen LogP contribution in [0.2, 0.25) is 0 Å². The summed E-state index contributed by atoms with van der Waals surface area (Å²) in [4.78, 5) is 70.8. The third-order valence-electron chi connectivity index (χ3n) is 8.90.